The highest BCUT2D eigenvalue weighted by Crippen LogP contribution is 2.26. The summed E-state index contributed by atoms with van der Waals surface area (Å²) in [7, 11) is 0. The topological polar surface area (TPSA) is 78.2 Å². The van der Waals surface area contributed by atoms with E-state index in [4.69, 9.17) is 20.4 Å². The monoisotopic (exact) mass is 392 g/mol. The number of furan rings is 1. The molecular weight excluding hydrogens is 380 g/mol. The molecule has 5 rings (SSSR count). The van der Waals surface area contributed by atoms with Crippen LogP contribution >= 0.6 is 11.6 Å². The van der Waals surface area contributed by atoms with Crippen LogP contribution in [0.1, 0.15) is 11.1 Å². The van der Waals surface area contributed by atoms with Crippen LogP contribution in [0.25, 0.3) is 33.0 Å². The SMILES string of the molecule is Cc1cc2oc(=O)cc(Cn3cnc4c(oc5ccccc54)c3=O)c2cc1Cl. The molecule has 0 saturated carbocycles. The molecular formula is C21H13ClN2O4. The Balaban J connectivity index is 1.71. The summed E-state index contributed by atoms with van der Waals surface area (Å²) in [6.07, 6.45) is 1.46. The minimum absolute atomic E-state index is 0.139. The van der Waals surface area contributed by atoms with Crippen molar-refractivity contribution in [3.05, 3.63) is 85.7 Å². The predicted molar refractivity (Wildman–Crippen MR) is 107 cm³/mol. The summed E-state index contributed by atoms with van der Waals surface area (Å²) in [5.41, 5.74) is 2.35. The van der Waals surface area contributed by atoms with Crippen LogP contribution in [0, 0.1) is 6.92 Å². The number of hydrogen-bond acceptors (Lipinski definition) is 5. The van der Waals surface area contributed by atoms with Crippen LogP contribution in [0.15, 0.2) is 67.2 Å². The van der Waals surface area contributed by atoms with Crippen molar-refractivity contribution >= 4 is 44.6 Å². The summed E-state index contributed by atoms with van der Waals surface area (Å²) in [5.74, 6) is 0. The first-order chi connectivity index (χ1) is 13.5. The van der Waals surface area contributed by atoms with Gasteiger partial charge in [-0.3, -0.25) is 9.36 Å². The van der Waals surface area contributed by atoms with Crippen LogP contribution in [0.5, 0.6) is 0 Å². The molecule has 7 heteroatoms. The van der Waals surface area contributed by atoms with Gasteiger partial charge in [0.25, 0.3) is 5.56 Å². The molecule has 0 bridgehead atoms. The van der Waals surface area contributed by atoms with Crippen molar-refractivity contribution in [1.29, 1.82) is 0 Å². The second-order valence-corrected chi connectivity index (χ2v) is 7.05. The Hall–Kier alpha value is -3.38. The molecule has 0 unspecified atom stereocenters. The fourth-order valence-electron chi connectivity index (χ4n) is 3.39. The second-order valence-electron chi connectivity index (χ2n) is 6.64. The number of benzene rings is 2. The average Bonchev–Trinajstić information content (AvgIpc) is 3.05. The lowest BCUT2D eigenvalue weighted by Gasteiger charge is -2.09. The molecule has 5 aromatic rings. The number of hydrogen-bond donors (Lipinski definition) is 0. The van der Waals surface area contributed by atoms with Gasteiger partial charge in [0.15, 0.2) is 0 Å². The Morgan fingerprint density at radius 2 is 1.86 bits per heavy atom. The minimum atomic E-state index is -0.491. The van der Waals surface area contributed by atoms with E-state index in [0.29, 0.717) is 32.7 Å². The molecule has 6 nitrogen and oxygen atoms in total. The van der Waals surface area contributed by atoms with Crippen LogP contribution in [0.4, 0.5) is 0 Å². The van der Waals surface area contributed by atoms with Crippen molar-refractivity contribution in [3.8, 4) is 0 Å². The maximum absolute atomic E-state index is 12.9. The number of para-hydroxylation sites is 1. The number of aryl methyl sites for hydroxylation is 1. The van der Waals surface area contributed by atoms with Gasteiger partial charge < -0.3 is 8.83 Å². The Morgan fingerprint density at radius 1 is 1.04 bits per heavy atom. The van der Waals surface area contributed by atoms with Gasteiger partial charge in [0.1, 0.15) is 16.7 Å². The van der Waals surface area contributed by atoms with E-state index in [9.17, 15) is 9.59 Å². The van der Waals surface area contributed by atoms with Crippen molar-refractivity contribution in [2.24, 2.45) is 0 Å². The Kier molecular flexibility index (Phi) is 3.64. The van der Waals surface area contributed by atoms with Crippen LogP contribution in [-0.2, 0) is 6.54 Å². The lowest BCUT2D eigenvalue weighted by Crippen LogP contribution is -2.21. The first-order valence-electron chi connectivity index (χ1n) is 8.61. The molecule has 0 fully saturated rings. The highest BCUT2D eigenvalue weighted by molar-refractivity contribution is 6.32. The van der Waals surface area contributed by atoms with Gasteiger partial charge in [-0.05, 0) is 42.3 Å². The van der Waals surface area contributed by atoms with Crippen LogP contribution in [0.2, 0.25) is 5.02 Å². The largest absolute Gasteiger partial charge is 0.448 e. The molecule has 2 aromatic carbocycles. The van der Waals surface area contributed by atoms with Crippen molar-refractivity contribution in [2.75, 3.05) is 0 Å². The minimum Gasteiger partial charge on any atom is -0.448 e. The lowest BCUT2D eigenvalue weighted by molar-refractivity contribution is 0.557. The molecule has 138 valence electrons. The summed E-state index contributed by atoms with van der Waals surface area (Å²) in [6, 6.07) is 12.2. The van der Waals surface area contributed by atoms with Crippen LogP contribution in [-0.4, -0.2) is 9.55 Å². The van der Waals surface area contributed by atoms with Gasteiger partial charge in [-0.2, -0.15) is 0 Å². The normalized spacial score (nSPS) is 11.6. The van der Waals surface area contributed by atoms with E-state index in [1.807, 2.05) is 25.1 Å². The number of fused-ring (bicyclic) bond motifs is 4. The van der Waals surface area contributed by atoms with E-state index in [2.05, 4.69) is 4.98 Å². The van der Waals surface area contributed by atoms with E-state index >= 15 is 0 Å². The molecule has 0 spiro atoms. The standard InChI is InChI=1S/C21H13ClN2O4/c1-11-6-17-14(8-15(11)22)12(7-18(25)27-17)9-24-10-23-19-13-4-2-3-5-16(13)28-20(19)21(24)26/h2-8,10H,9H2,1H3. The van der Waals surface area contributed by atoms with Crippen molar-refractivity contribution in [1.82, 2.24) is 9.55 Å². The molecule has 0 atom stereocenters. The third-order valence-electron chi connectivity index (χ3n) is 4.80. The van der Waals surface area contributed by atoms with Gasteiger partial charge in [-0.1, -0.05) is 23.7 Å². The Labute approximate surface area is 162 Å². The molecule has 0 saturated heterocycles. The van der Waals surface area contributed by atoms with Gasteiger partial charge in [-0.15, -0.1) is 0 Å². The van der Waals surface area contributed by atoms with E-state index in [1.54, 1.807) is 18.2 Å². The van der Waals surface area contributed by atoms with Crippen molar-refractivity contribution in [3.63, 3.8) is 0 Å². The summed E-state index contributed by atoms with van der Waals surface area (Å²) in [6.45, 7) is 1.97. The van der Waals surface area contributed by atoms with E-state index < -0.39 is 5.63 Å². The number of halogens is 1. The van der Waals surface area contributed by atoms with Gasteiger partial charge in [-0.25, -0.2) is 9.78 Å². The molecule has 3 heterocycles. The third-order valence-corrected chi connectivity index (χ3v) is 5.21. The predicted octanol–water partition coefficient (Wildman–Crippen LogP) is 4.26. The van der Waals surface area contributed by atoms with Crippen LogP contribution < -0.4 is 11.2 Å². The Bertz CT molecular complexity index is 1510. The average molecular weight is 393 g/mol. The smallest absolute Gasteiger partial charge is 0.336 e. The second kappa shape index (κ2) is 6.07. The van der Waals surface area contributed by atoms with E-state index in [0.717, 1.165) is 10.9 Å². The van der Waals surface area contributed by atoms with Gasteiger partial charge in [0.05, 0.1) is 12.9 Å². The highest BCUT2D eigenvalue weighted by Gasteiger charge is 2.15. The van der Waals surface area contributed by atoms with Crippen molar-refractivity contribution in [2.45, 2.75) is 13.5 Å². The molecule has 0 aliphatic rings. The summed E-state index contributed by atoms with van der Waals surface area (Å²) in [5, 5.41) is 2.02. The first-order valence-corrected chi connectivity index (χ1v) is 8.98. The number of aromatic nitrogens is 2. The maximum Gasteiger partial charge on any atom is 0.336 e. The summed E-state index contributed by atoms with van der Waals surface area (Å²) < 4.78 is 12.4. The fourth-order valence-corrected chi connectivity index (χ4v) is 3.55. The molecule has 0 aliphatic heterocycles. The quantitative estimate of drug-likeness (QED) is 0.419. The van der Waals surface area contributed by atoms with Gasteiger partial charge >= 0.3 is 5.63 Å². The molecule has 3 aromatic heterocycles. The molecule has 0 N–H and O–H groups in total. The van der Waals surface area contributed by atoms with Gasteiger partial charge in [0, 0.05) is 21.9 Å². The van der Waals surface area contributed by atoms with E-state index in [-0.39, 0.29) is 17.7 Å². The Morgan fingerprint density at radius 3 is 2.71 bits per heavy atom. The highest BCUT2D eigenvalue weighted by atomic mass is 35.5. The molecule has 0 aliphatic carbocycles. The van der Waals surface area contributed by atoms with Crippen molar-refractivity contribution < 1.29 is 8.83 Å². The zero-order chi connectivity index (χ0) is 19.4. The van der Waals surface area contributed by atoms with Gasteiger partial charge in [0.2, 0.25) is 5.58 Å². The number of nitrogens with zero attached hydrogens (tertiary/aromatic N) is 2. The molecule has 0 amide bonds. The number of rotatable bonds is 2. The molecule has 0 radical (unpaired) electrons. The van der Waals surface area contributed by atoms with Crippen LogP contribution in [0.3, 0.4) is 0 Å². The zero-order valence-electron chi connectivity index (χ0n) is 14.7. The summed E-state index contributed by atoms with van der Waals surface area (Å²) >= 11 is 6.24. The summed E-state index contributed by atoms with van der Waals surface area (Å²) in [4.78, 5) is 29.3. The molecule has 28 heavy (non-hydrogen) atoms. The fraction of sp³-hybridized carbons (Fsp3) is 0.0952. The lowest BCUT2D eigenvalue weighted by atomic mass is 10.1. The zero-order valence-corrected chi connectivity index (χ0v) is 15.5. The first kappa shape index (κ1) is 16.8. The third kappa shape index (κ3) is 2.53. The maximum atomic E-state index is 12.9. The van der Waals surface area contributed by atoms with E-state index in [1.165, 1.54) is 17.0 Å².